The average Bonchev–Trinajstić information content (AvgIpc) is 3.32. The van der Waals surface area contributed by atoms with E-state index in [0.29, 0.717) is 12.1 Å². The standard InChI is InChI=1S/C17H25N5O/c1-4-5-11-21(3)13-7-6-10-20-15(13)22(14(18)12-23)16(19)17(2)8-9-17/h6-7,10,12,18-19H,4-5,8-9,11H2,1-3H3. The first-order valence-electron chi connectivity index (χ1n) is 8.03. The Morgan fingerprint density at radius 1 is 1.43 bits per heavy atom. The van der Waals surface area contributed by atoms with Gasteiger partial charge in [-0.05, 0) is 31.4 Å². The highest BCUT2D eigenvalue weighted by atomic mass is 16.1. The van der Waals surface area contributed by atoms with Crippen LogP contribution in [0.5, 0.6) is 0 Å². The third-order valence-corrected chi connectivity index (χ3v) is 4.38. The van der Waals surface area contributed by atoms with Gasteiger partial charge in [-0.3, -0.25) is 20.5 Å². The molecule has 6 nitrogen and oxygen atoms in total. The van der Waals surface area contributed by atoms with Crippen molar-refractivity contribution in [2.45, 2.75) is 39.5 Å². The van der Waals surface area contributed by atoms with E-state index >= 15 is 0 Å². The van der Waals surface area contributed by atoms with Crippen molar-refractivity contribution < 1.29 is 4.79 Å². The van der Waals surface area contributed by atoms with Gasteiger partial charge in [0, 0.05) is 25.2 Å². The Bertz CT molecular complexity index is 609. The zero-order chi connectivity index (χ0) is 17.0. The van der Waals surface area contributed by atoms with Gasteiger partial charge >= 0.3 is 0 Å². The summed E-state index contributed by atoms with van der Waals surface area (Å²) in [5.74, 6) is 0.520. The summed E-state index contributed by atoms with van der Waals surface area (Å²) >= 11 is 0. The maximum atomic E-state index is 11.2. The first-order chi connectivity index (χ1) is 10.9. The molecule has 0 aliphatic heterocycles. The Morgan fingerprint density at radius 2 is 2.13 bits per heavy atom. The Hall–Kier alpha value is -2.24. The van der Waals surface area contributed by atoms with Crippen LogP contribution in [0.4, 0.5) is 11.5 Å². The maximum absolute atomic E-state index is 11.2. The fourth-order valence-corrected chi connectivity index (χ4v) is 2.46. The van der Waals surface area contributed by atoms with E-state index < -0.39 is 0 Å². The van der Waals surface area contributed by atoms with Gasteiger partial charge in [-0.15, -0.1) is 0 Å². The van der Waals surface area contributed by atoms with Gasteiger partial charge in [-0.25, -0.2) is 4.98 Å². The highest BCUT2D eigenvalue weighted by molar-refractivity contribution is 6.40. The molecular weight excluding hydrogens is 290 g/mol. The second kappa shape index (κ2) is 6.89. The number of carbonyl (C=O) groups excluding carboxylic acids is 1. The van der Waals surface area contributed by atoms with Gasteiger partial charge in [0.25, 0.3) is 0 Å². The number of pyridine rings is 1. The molecule has 1 aliphatic rings. The monoisotopic (exact) mass is 315 g/mol. The molecule has 1 aliphatic carbocycles. The van der Waals surface area contributed by atoms with Crippen LogP contribution in [0, 0.1) is 16.2 Å². The molecule has 23 heavy (non-hydrogen) atoms. The van der Waals surface area contributed by atoms with Crippen LogP contribution in [0.25, 0.3) is 0 Å². The summed E-state index contributed by atoms with van der Waals surface area (Å²) in [6.45, 7) is 4.99. The van der Waals surface area contributed by atoms with Gasteiger partial charge in [0.2, 0.25) is 0 Å². The molecule has 0 saturated heterocycles. The fourth-order valence-electron chi connectivity index (χ4n) is 2.46. The van der Waals surface area contributed by atoms with Gasteiger partial charge in [0.15, 0.2) is 17.9 Å². The van der Waals surface area contributed by atoms with Gasteiger partial charge < -0.3 is 4.90 Å². The Morgan fingerprint density at radius 3 is 2.70 bits per heavy atom. The molecular formula is C17H25N5O. The second-order valence-corrected chi connectivity index (χ2v) is 6.37. The zero-order valence-corrected chi connectivity index (χ0v) is 14.1. The number of aldehydes is 1. The third-order valence-electron chi connectivity index (χ3n) is 4.38. The van der Waals surface area contributed by atoms with Crippen LogP contribution in [0.2, 0.25) is 0 Å². The molecule has 124 valence electrons. The molecule has 1 heterocycles. The minimum absolute atomic E-state index is 0.244. The van der Waals surface area contributed by atoms with Crippen molar-refractivity contribution in [3.05, 3.63) is 18.3 Å². The Balaban J connectivity index is 2.40. The third kappa shape index (κ3) is 3.57. The van der Waals surface area contributed by atoms with Crippen molar-refractivity contribution in [1.82, 2.24) is 4.98 Å². The van der Waals surface area contributed by atoms with Crippen molar-refractivity contribution in [3.63, 3.8) is 0 Å². The van der Waals surface area contributed by atoms with Crippen molar-refractivity contribution in [2.24, 2.45) is 5.41 Å². The number of unbranched alkanes of at least 4 members (excludes halogenated alkanes) is 1. The highest BCUT2D eigenvalue weighted by Gasteiger charge is 2.46. The van der Waals surface area contributed by atoms with Crippen molar-refractivity contribution in [3.8, 4) is 0 Å². The summed E-state index contributed by atoms with van der Waals surface area (Å²) in [4.78, 5) is 19.1. The van der Waals surface area contributed by atoms with Crippen LogP contribution in [0.15, 0.2) is 18.3 Å². The number of aromatic nitrogens is 1. The smallest absolute Gasteiger partial charge is 0.185 e. The second-order valence-electron chi connectivity index (χ2n) is 6.37. The summed E-state index contributed by atoms with van der Waals surface area (Å²) < 4.78 is 0. The number of anilines is 2. The largest absolute Gasteiger partial charge is 0.372 e. The van der Waals surface area contributed by atoms with E-state index in [-0.39, 0.29) is 17.1 Å². The van der Waals surface area contributed by atoms with E-state index in [1.54, 1.807) is 6.20 Å². The zero-order valence-electron chi connectivity index (χ0n) is 14.1. The molecule has 0 radical (unpaired) electrons. The van der Waals surface area contributed by atoms with E-state index in [2.05, 4.69) is 16.8 Å². The number of hydrogen-bond acceptors (Lipinski definition) is 5. The van der Waals surface area contributed by atoms with Crippen LogP contribution in [0.1, 0.15) is 39.5 Å². The van der Waals surface area contributed by atoms with E-state index in [9.17, 15) is 4.79 Å². The molecule has 0 aromatic carbocycles. The molecule has 2 rings (SSSR count). The first kappa shape index (κ1) is 17.1. The van der Waals surface area contributed by atoms with E-state index in [0.717, 1.165) is 37.9 Å². The van der Waals surface area contributed by atoms with Crippen LogP contribution >= 0.6 is 0 Å². The van der Waals surface area contributed by atoms with E-state index in [1.807, 2.05) is 26.1 Å². The molecule has 0 bridgehead atoms. The first-order valence-corrected chi connectivity index (χ1v) is 8.03. The lowest BCUT2D eigenvalue weighted by molar-refractivity contribution is -0.102. The predicted molar refractivity (Wildman–Crippen MR) is 93.8 cm³/mol. The quantitative estimate of drug-likeness (QED) is 0.460. The van der Waals surface area contributed by atoms with Crippen LogP contribution in [-0.2, 0) is 4.79 Å². The molecule has 1 saturated carbocycles. The molecule has 6 heteroatoms. The maximum Gasteiger partial charge on any atom is 0.185 e. The minimum atomic E-state index is -0.258. The molecule has 1 fully saturated rings. The molecule has 0 spiro atoms. The lowest BCUT2D eigenvalue weighted by Gasteiger charge is -2.30. The predicted octanol–water partition coefficient (Wildman–Crippen LogP) is 3.08. The average molecular weight is 315 g/mol. The topological polar surface area (TPSA) is 84.1 Å². The normalized spacial score (nSPS) is 14.9. The van der Waals surface area contributed by atoms with Crippen molar-refractivity contribution in [1.29, 1.82) is 10.8 Å². The number of carbonyl (C=O) groups is 1. The summed E-state index contributed by atoms with van der Waals surface area (Å²) in [5, 5.41) is 16.5. The van der Waals surface area contributed by atoms with Crippen molar-refractivity contribution in [2.75, 3.05) is 23.4 Å². The number of rotatable bonds is 7. The number of amidine groups is 2. The number of nitrogens with zero attached hydrogens (tertiary/aromatic N) is 3. The van der Waals surface area contributed by atoms with Gasteiger partial charge in [-0.2, -0.15) is 0 Å². The summed E-state index contributed by atoms with van der Waals surface area (Å²) in [6.07, 6.45) is 6.06. The van der Waals surface area contributed by atoms with Crippen molar-refractivity contribution >= 4 is 29.5 Å². The molecule has 1 aromatic rings. The number of nitrogens with one attached hydrogen (secondary N) is 2. The SMILES string of the molecule is CCCCN(C)c1cccnc1N(C(=N)C=O)C(=N)C1(C)CC1. The number of hydrogen-bond donors (Lipinski definition) is 2. The van der Waals surface area contributed by atoms with Crippen LogP contribution in [0.3, 0.4) is 0 Å². The Labute approximate surface area is 137 Å². The van der Waals surface area contributed by atoms with Gasteiger partial charge in [0.05, 0.1) is 5.69 Å². The van der Waals surface area contributed by atoms with E-state index in [4.69, 9.17) is 10.8 Å². The molecule has 0 amide bonds. The summed E-state index contributed by atoms with van der Waals surface area (Å²) in [5.41, 5.74) is 0.577. The van der Waals surface area contributed by atoms with Crippen LogP contribution < -0.4 is 9.80 Å². The van der Waals surface area contributed by atoms with Gasteiger partial charge in [-0.1, -0.05) is 20.3 Å². The molecule has 0 unspecified atom stereocenters. The Kier molecular flexibility index (Phi) is 5.13. The fraction of sp³-hybridized carbons (Fsp3) is 0.529. The molecule has 2 N–H and O–H groups in total. The molecule has 1 aromatic heterocycles. The minimum Gasteiger partial charge on any atom is -0.372 e. The lowest BCUT2D eigenvalue weighted by atomic mass is 10.1. The highest BCUT2D eigenvalue weighted by Crippen LogP contribution is 2.47. The van der Waals surface area contributed by atoms with Crippen LogP contribution in [-0.4, -0.2) is 36.5 Å². The molecule has 0 atom stereocenters. The van der Waals surface area contributed by atoms with E-state index in [1.165, 1.54) is 4.90 Å². The summed E-state index contributed by atoms with van der Waals surface area (Å²) in [6, 6.07) is 3.76. The van der Waals surface area contributed by atoms with Gasteiger partial charge in [0.1, 0.15) is 5.84 Å². The summed E-state index contributed by atoms with van der Waals surface area (Å²) in [7, 11) is 1.97. The lowest BCUT2D eigenvalue weighted by Crippen LogP contribution is -2.42.